The van der Waals surface area contributed by atoms with Crippen molar-refractivity contribution in [3.05, 3.63) is 59.7 Å². The van der Waals surface area contributed by atoms with Gasteiger partial charge in [-0.3, -0.25) is 4.79 Å². The SMILES string of the molecule is CC(NC(=O)COc1cccc(C(F)(F)F)c1)c1ccc(OCC(=O)O)cc1. The Morgan fingerprint density at radius 2 is 1.68 bits per heavy atom. The summed E-state index contributed by atoms with van der Waals surface area (Å²) in [6.45, 7) is 0.819. The van der Waals surface area contributed by atoms with Crippen molar-refractivity contribution >= 4 is 11.9 Å². The van der Waals surface area contributed by atoms with E-state index in [-0.39, 0.29) is 5.75 Å². The summed E-state index contributed by atoms with van der Waals surface area (Å²) in [4.78, 5) is 22.4. The third-order valence-electron chi connectivity index (χ3n) is 3.65. The van der Waals surface area contributed by atoms with Crippen LogP contribution in [0.15, 0.2) is 48.5 Å². The summed E-state index contributed by atoms with van der Waals surface area (Å²) in [6, 6.07) is 10.3. The lowest BCUT2D eigenvalue weighted by molar-refractivity contribution is -0.139. The molecule has 1 unspecified atom stereocenters. The molecule has 1 amide bonds. The topological polar surface area (TPSA) is 84.9 Å². The predicted octanol–water partition coefficient (Wildman–Crippen LogP) is 3.43. The molecule has 2 N–H and O–H groups in total. The van der Waals surface area contributed by atoms with Gasteiger partial charge in [-0.15, -0.1) is 0 Å². The minimum absolute atomic E-state index is 0.0578. The molecule has 9 heteroatoms. The van der Waals surface area contributed by atoms with E-state index in [0.29, 0.717) is 5.75 Å². The molecule has 0 aliphatic rings. The number of carboxylic acids is 1. The molecule has 0 radical (unpaired) electrons. The molecule has 150 valence electrons. The Bertz CT molecular complexity index is 821. The monoisotopic (exact) mass is 397 g/mol. The van der Waals surface area contributed by atoms with Crippen molar-refractivity contribution in [2.45, 2.75) is 19.1 Å². The summed E-state index contributed by atoms with van der Waals surface area (Å²) in [6.07, 6.45) is -4.49. The highest BCUT2D eigenvalue weighted by atomic mass is 19.4. The second kappa shape index (κ2) is 9.12. The molecule has 6 nitrogen and oxygen atoms in total. The van der Waals surface area contributed by atoms with Gasteiger partial charge in [0.25, 0.3) is 5.91 Å². The first-order valence-corrected chi connectivity index (χ1v) is 8.19. The smallest absolute Gasteiger partial charge is 0.416 e. The van der Waals surface area contributed by atoms with Crippen LogP contribution in [0.2, 0.25) is 0 Å². The van der Waals surface area contributed by atoms with Crippen molar-refractivity contribution in [3.63, 3.8) is 0 Å². The molecule has 2 aromatic carbocycles. The van der Waals surface area contributed by atoms with Gasteiger partial charge in [0, 0.05) is 0 Å². The van der Waals surface area contributed by atoms with Gasteiger partial charge in [0.1, 0.15) is 11.5 Å². The van der Waals surface area contributed by atoms with E-state index in [1.807, 2.05) is 0 Å². The number of carbonyl (C=O) groups excluding carboxylic acids is 1. The number of carboxylic acid groups (broad SMARTS) is 1. The Morgan fingerprint density at radius 1 is 1.04 bits per heavy atom. The van der Waals surface area contributed by atoms with Gasteiger partial charge in [0.15, 0.2) is 13.2 Å². The number of carbonyl (C=O) groups is 2. The van der Waals surface area contributed by atoms with E-state index in [4.69, 9.17) is 14.6 Å². The number of hydrogen-bond donors (Lipinski definition) is 2. The quantitative estimate of drug-likeness (QED) is 0.713. The number of aliphatic carboxylic acids is 1. The van der Waals surface area contributed by atoms with E-state index < -0.39 is 42.9 Å². The standard InChI is InChI=1S/C19H18F3NO5/c1-12(13-5-7-15(8-6-13)28-11-18(25)26)23-17(24)10-27-16-4-2-3-14(9-16)19(20,21)22/h2-9,12H,10-11H2,1H3,(H,23,24)(H,25,26). The number of nitrogens with one attached hydrogen (secondary N) is 1. The lowest BCUT2D eigenvalue weighted by atomic mass is 10.1. The van der Waals surface area contributed by atoms with Crippen LogP contribution in [0.4, 0.5) is 13.2 Å². The highest BCUT2D eigenvalue weighted by Gasteiger charge is 2.30. The van der Waals surface area contributed by atoms with Crippen LogP contribution < -0.4 is 14.8 Å². The van der Waals surface area contributed by atoms with E-state index in [1.54, 1.807) is 31.2 Å². The van der Waals surface area contributed by atoms with Gasteiger partial charge in [-0.05, 0) is 42.8 Å². The summed E-state index contributed by atoms with van der Waals surface area (Å²) < 4.78 is 48.2. The van der Waals surface area contributed by atoms with Gasteiger partial charge in [-0.2, -0.15) is 13.2 Å². The third kappa shape index (κ3) is 6.49. The zero-order valence-corrected chi connectivity index (χ0v) is 14.8. The summed E-state index contributed by atoms with van der Waals surface area (Å²) in [7, 11) is 0. The van der Waals surface area contributed by atoms with E-state index >= 15 is 0 Å². The summed E-state index contributed by atoms with van der Waals surface area (Å²) in [5.41, 5.74) is -0.126. The summed E-state index contributed by atoms with van der Waals surface area (Å²) in [5.74, 6) is -1.28. The highest BCUT2D eigenvalue weighted by Crippen LogP contribution is 2.31. The number of alkyl halides is 3. The first-order valence-electron chi connectivity index (χ1n) is 8.19. The van der Waals surface area contributed by atoms with Gasteiger partial charge < -0.3 is 19.9 Å². The molecular weight excluding hydrogens is 379 g/mol. The normalized spacial score (nSPS) is 12.1. The summed E-state index contributed by atoms with van der Waals surface area (Å²) >= 11 is 0. The van der Waals surface area contributed by atoms with Gasteiger partial charge in [0.2, 0.25) is 0 Å². The number of halogens is 3. The lowest BCUT2D eigenvalue weighted by Crippen LogP contribution is -2.31. The second-order valence-electron chi connectivity index (χ2n) is 5.85. The van der Waals surface area contributed by atoms with Gasteiger partial charge in [-0.1, -0.05) is 18.2 Å². The molecule has 2 rings (SSSR count). The average molecular weight is 397 g/mol. The maximum Gasteiger partial charge on any atom is 0.416 e. The number of benzene rings is 2. The minimum Gasteiger partial charge on any atom is -0.484 e. The van der Waals surface area contributed by atoms with E-state index in [0.717, 1.165) is 17.7 Å². The van der Waals surface area contributed by atoms with Crippen molar-refractivity contribution in [2.24, 2.45) is 0 Å². The molecule has 0 heterocycles. The first-order chi connectivity index (χ1) is 13.1. The third-order valence-corrected chi connectivity index (χ3v) is 3.65. The van der Waals surface area contributed by atoms with Crippen LogP contribution in [0.3, 0.4) is 0 Å². The number of hydrogen-bond acceptors (Lipinski definition) is 4. The fraction of sp³-hybridized carbons (Fsp3) is 0.263. The van der Waals surface area contributed by atoms with Crippen molar-refractivity contribution in [3.8, 4) is 11.5 Å². The number of amides is 1. The van der Waals surface area contributed by atoms with Crippen molar-refractivity contribution in [2.75, 3.05) is 13.2 Å². The van der Waals surface area contributed by atoms with Gasteiger partial charge >= 0.3 is 12.1 Å². The molecule has 0 saturated carbocycles. The van der Waals surface area contributed by atoms with Crippen LogP contribution in [0, 0.1) is 0 Å². The van der Waals surface area contributed by atoms with Gasteiger partial charge in [-0.25, -0.2) is 4.79 Å². The molecule has 0 aliphatic carbocycles. The zero-order valence-electron chi connectivity index (χ0n) is 14.8. The van der Waals surface area contributed by atoms with Crippen molar-refractivity contribution in [1.29, 1.82) is 0 Å². The number of rotatable bonds is 8. The Kier molecular flexibility index (Phi) is 6.86. The van der Waals surface area contributed by atoms with E-state index in [2.05, 4.69) is 5.32 Å². The summed E-state index contributed by atoms with van der Waals surface area (Å²) in [5, 5.41) is 11.2. The molecule has 0 aromatic heterocycles. The molecule has 0 saturated heterocycles. The fourth-order valence-corrected chi connectivity index (χ4v) is 2.28. The van der Waals surface area contributed by atoms with E-state index in [1.165, 1.54) is 12.1 Å². The van der Waals surface area contributed by atoms with Gasteiger partial charge in [0.05, 0.1) is 11.6 Å². The largest absolute Gasteiger partial charge is 0.484 e. The molecule has 0 spiro atoms. The predicted molar refractivity (Wildman–Crippen MR) is 93.1 cm³/mol. The highest BCUT2D eigenvalue weighted by molar-refractivity contribution is 5.78. The molecule has 0 fully saturated rings. The van der Waals surface area contributed by atoms with E-state index in [9.17, 15) is 22.8 Å². The molecular formula is C19H18F3NO5. The van der Waals surface area contributed by atoms with Crippen LogP contribution >= 0.6 is 0 Å². The Morgan fingerprint density at radius 3 is 2.29 bits per heavy atom. The molecule has 0 bridgehead atoms. The molecule has 1 atom stereocenters. The Hall–Kier alpha value is -3.23. The maximum absolute atomic E-state index is 12.7. The van der Waals surface area contributed by atoms with Crippen LogP contribution in [0.5, 0.6) is 11.5 Å². The second-order valence-corrected chi connectivity index (χ2v) is 5.85. The van der Waals surface area contributed by atoms with Crippen LogP contribution in [0.25, 0.3) is 0 Å². The molecule has 28 heavy (non-hydrogen) atoms. The molecule has 0 aliphatic heterocycles. The Balaban J connectivity index is 1.86. The van der Waals surface area contributed by atoms with Crippen LogP contribution in [0.1, 0.15) is 24.1 Å². The lowest BCUT2D eigenvalue weighted by Gasteiger charge is -2.15. The van der Waals surface area contributed by atoms with Crippen molar-refractivity contribution in [1.82, 2.24) is 5.32 Å². The fourth-order valence-electron chi connectivity index (χ4n) is 2.28. The average Bonchev–Trinajstić information content (AvgIpc) is 2.64. The minimum atomic E-state index is -4.49. The zero-order chi connectivity index (χ0) is 20.7. The molecule has 2 aromatic rings. The van der Waals surface area contributed by atoms with Crippen LogP contribution in [-0.4, -0.2) is 30.2 Å². The van der Waals surface area contributed by atoms with Crippen molar-refractivity contribution < 1.29 is 37.3 Å². The first kappa shape index (κ1) is 21.1. The van der Waals surface area contributed by atoms with Crippen LogP contribution in [-0.2, 0) is 15.8 Å². The number of ether oxygens (including phenoxy) is 2. The Labute approximate surface area is 158 Å². The maximum atomic E-state index is 12.7.